The summed E-state index contributed by atoms with van der Waals surface area (Å²) in [5.74, 6) is -0.0906. The van der Waals surface area contributed by atoms with Crippen molar-refractivity contribution >= 4 is 34.1 Å². The number of anilines is 1. The van der Waals surface area contributed by atoms with Gasteiger partial charge in [0.1, 0.15) is 0 Å². The molecule has 4 rings (SSSR count). The van der Waals surface area contributed by atoms with E-state index in [0.717, 1.165) is 36.6 Å². The Morgan fingerprint density at radius 3 is 2.78 bits per heavy atom. The molecule has 0 fully saturated rings. The standard InChI is InChI=1S/C21H21N3OS2/c1-26-18-10-6-5-9-16(18)20(25)23-21-22-17-11-12-24(14-19(17)27-21)13-15-7-3-2-4-8-15/h2-10H,11-14H2,1H3,(H,22,23,25). The lowest BCUT2D eigenvalue weighted by Gasteiger charge is -2.25. The molecule has 3 aromatic rings. The molecule has 0 saturated carbocycles. The van der Waals surface area contributed by atoms with E-state index in [1.807, 2.05) is 36.6 Å². The Morgan fingerprint density at radius 2 is 1.96 bits per heavy atom. The summed E-state index contributed by atoms with van der Waals surface area (Å²) >= 11 is 3.17. The van der Waals surface area contributed by atoms with Gasteiger partial charge in [-0.15, -0.1) is 23.1 Å². The summed E-state index contributed by atoms with van der Waals surface area (Å²) in [5, 5.41) is 3.69. The van der Waals surface area contributed by atoms with E-state index >= 15 is 0 Å². The number of hydrogen-bond donors (Lipinski definition) is 1. The third-order valence-electron chi connectivity index (χ3n) is 4.63. The molecular formula is C21H21N3OS2. The second-order valence-corrected chi connectivity index (χ2v) is 8.42. The van der Waals surface area contributed by atoms with Crippen molar-refractivity contribution in [1.82, 2.24) is 9.88 Å². The number of nitrogens with zero attached hydrogens (tertiary/aromatic N) is 2. The van der Waals surface area contributed by atoms with Crippen LogP contribution in [0, 0.1) is 0 Å². The summed E-state index contributed by atoms with van der Waals surface area (Å²) in [4.78, 5) is 22.0. The van der Waals surface area contributed by atoms with Gasteiger partial charge in [-0.1, -0.05) is 42.5 Å². The number of carbonyl (C=O) groups excluding carboxylic acids is 1. The Labute approximate surface area is 167 Å². The Hall–Kier alpha value is -2.15. The minimum Gasteiger partial charge on any atom is -0.298 e. The summed E-state index contributed by atoms with van der Waals surface area (Å²) in [6.45, 7) is 2.83. The average Bonchev–Trinajstić information content (AvgIpc) is 3.10. The smallest absolute Gasteiger partial charge is 0.258 e. The van der Waals surface area contributed by atoms with E-state index in [0.29, 0.717) is 10.7 Å². The van der Waals surface area contributed by atoms with Crippen LogP contribution < -0.4 is 5.32 Å². The SMILES string of the molecule is CSc1ccccc1C(=O)Nc1nc2c(s1)CN(Cc1ccccc1)CC2. The number of rotatable bonds is 5. The fourth-order valence-corrected chi connectivity index (χ4v) is 4.92. The summed E-state index contributed by atoms with van der Waals surface area (Å²) in [7, 11) is 0. The Bertz CT molecular complexity index is 940. The van der Waals surface area contributed by atoms with Gasteiger partial charge in [0.05, 0.1) is 11.3 Å². The van der Waals surface area contributed by atoms with Crippen LogP contribution in [0.4, 0.5) is 5.13 Å². The first-order chi connectivity index (χ1) is 13.2. The fourth-order valence-electron chi connectivity index (χ4n) is 3.28. The minimum absolute atomic E-state index is 0.0906. The molecule has 1 aliphatic heterocycles. The van der Waals surface area contributed by atoms with Crippen molar-refractivity contribution in [2.45, 2.75) is 24.4 Å². The van der Waals surface area contributed by atoms with E-state index in [4.69, 9.17) is 0 Å². The van der Waals surface area contributed by atoms with Crippen molar-refractivity contribution < 1.29 is 4.79 Å². The molecule has 138 valence electrons. The number of benzene rings is 2. The first-order valence-electron chi connectivity index (χ1n) is 8.92. The van der Waals surface area contributed by atoms with Crippen LogP contribution in [0.3, 0.4) is 0 Å². The molecular weight excluding hydrogens is 374 g/mol. The lowest BCUT2D eigenvalue weighted by molar-refractivity contribution is 0.102. The van der Waals surface area contributed by atoms with Gasteiger partial charge in [0, 0.05) is 35.8 Å². The molecule has 0 bridgehead atoms. The quantitative estimate of drug-likeness (QED) is 0.638. The van der Waals surface area contributed by atoms with E-state index in [1.165, 1.54) is 10.4 Å². The molecule has 0 unspecified atom stereocenters. The molecule has 0 aliphatic carbocycles. The number of thiazole rings is 1. The number of hydrogen-bond acceptors (Lipinski definition) is 5. The predicted molar refractivity (Wildman–Crippen MR) is 113 cm³/mol. The van der Waals surface area contributed by atoms with Gasteiger partial charge < -0.3 is 0 Å². The normalized spacial score (nSPS) is 14.0. The first-order valence-corrected chi connectivity index (χ1v) is 11.0. The van der Waals surface area contributed by atoms with Crippen molar-refractivity contribution in [1.29, 1.82) is 0 Å². The molecule has 0 radical (unpaired) electrons. The van der Waals surface area contributed by atoms with Crippen molar-refractivity contribution in [3.8, 4) is 0 Å². The zero-order valence-electron chi connectivity index (χ0n) is 15.1. The van der Waals surface area contributed by atoms with Crippen molar-refractivity contribution in [2.75, 3.05) is 18.1 Å². The highest BCUT2D eigenvalue weighted by atomic mass is 32.2. The molecule has 1 aliphatic rings. The number of thioether (sulfide) groups is 1. The van der Waals surface area contributed by atoms with Crippen molar-refractivity contribution in [3.63, 3.8) is 0 Å². The molecule has 27 heavy (non-hydrogen) atoms. The molecule has 1 amide bonds. The number of carbonyl (C=O) groups is 1. The fraction of sp³-hybridized carbons (Fsp3) is 0.238. The maximum absolute atomic E-state index is 12.6. The summed E-state index contributed by atoms with van der Waals surface area (Å²) in [6.07, 6.45) is 2.91. The van der Waals surface area contributed by atoms with Gasteiger partial charge in [-0.25, -0.2) is 4.98 Å². The average molecular weight is 396 g/mol. The van der Waals surface area contributed by atoms with Crippen LogP contribution in [0.5, 0.6) is 0 Å². The van der Waals surface area contributed by atoms with E-state index in [2.05, 4.69) is 39.5 Å². The largest absolute Gasteiger partial charge is 0.298 e. The lowest BCUT2D eigenvalue weighted by atomic mass is 10.1. The number of amides is 1. The van der Waals surface area contributed by atoms with E-state index in [9.17, 15) is 4.79 Å². The Kier molecular flexibility index (Phi) is 5.57. The number of fused-ring (bicyclic) bond motifs is 1. The van der Waals surface area contributed by atoms with Crippen LogP contribution in [-0.4, -0.2) is 28.6 Å². The molecule has 2 heterocycles. The highest BCUT2D eigenvalue weighted by Crippen LogP contribution is 2.30. The van der Waals surface area contributed by atoms with Gasteiger partial charge in [-0.3, -0.25) is 15.0 Å². The van der Waals surface area contributed by atoms with Crippen LogP contribution in [-0.2, 0) is 19.5 Å². The van der Waals surface area contributed by atoms with E-state index in [1.54, 1.807) is 23.1 Å². The predicted octanol–water partition coefficient (Wildman–Crippen LogP) is 4.68. The summed E-state index contributed by atoms with van der Waals surface area (Å²) in [6, 6.07) is 18.2. The van der Waals surface area contributed by atoms with Gasteiger partial charge in [0.15, 0.2) is 5.13 Å². The highest BCUT2D eigenvalue weighted by molar-refractivity contribution is 7.98. The second kappa shape index (κ2) is 8.25. The van der Waals surface area contributed by atoms with Gasteiger partial charge in [0.2, 0.25) is 0 Å². The van der Waals surface area contributed by atoms with Crippen LogP contribution in [0.25, 0.3) is 0 Å². The minimum atomic E-state index is -0.0906. The van der Waals surface area contributed by atoms with Crippen molar-refractivity contribution in [2.24, 2.45) is 0 Å². The summed E-state index contributed by atoms with van der Waals surface area (Å²) < 4.78 is 0. The molecule has 0 saturated heterocycles. The van der Waals surface area contributed by atoms with Crippen molar-refractivity contribution in [3.05, 3.63) is 76.3 Å². The first kappa shape index (κ1) is 18.2. The second-order valence-electron chi connectivity index (χ2n) is 6.49. The maximum Gasteiger partial charge on any atom is 0.258 e. The molecule has 1 aromatic heterocycles. The zero-order valence-corrected chi connectivity index (χ0v) is 16.8. The van der Waals surface area contributed by atoms with Crippen LogP contribution >= 0.6 is 23.1 Å². The van der Waals surface area contributed by atoms with Crippen LogP contribution in [0.1, 0.15) is 26.5 Å². The lowest BCUT2D eigenvalue weighted by Crippen LogP contribution is -2.29. The zero-order chi connectivity index (χ0) is 18.6. The number of aromatic nitrogens is 1. The molecule has 1 N–H and O–H groups in total. The van der Waals surface area contributed by atoms with Gasteiger partial charge in [-0.05, 0) is 24.0 Å². The van der Waals surface area contributed by atoms with Crippen LogP contribution in [0.15, 0.2) is 59.5 Å². The summed E-state index contributed by atoms with van der Waals surface area (Å²) in [5.41, 5.74) is 3.15. The van der Waals surface area contributed by atoms with Gasteiger partial charge >= 0.3 is 0 Å². The third-order valence-corrected chi connectivity index (χ3v) is 6.43. The molecule has 6 heteroatoms. The topological polar surface area (TPSA) is 45.2 Å². The Balaban J connectivity index is 1.45. The highest BCUT2D eigenvalue weighted by Gasteiger charge is 2.22. The third kappa shape index (κ3) is 4.24. The van der Waals surface area contributed by atoms with E-state index < -0.39 is 0 Å². The molecule has 4 nitrogen and oxygen atoms in total. The van der Waals surface area contributed by atoms with Crippen LogP contribution in [0.2, 0.25) is 0 Å². The number of nitrogens with one attached hydrogen (secondary N) is 1. The molecule has 0 spiro atoms. The van der Waals surface area contributed by atoms with Gasteiger partial charge in [0.25, 0.3) is 5.91 Å². The van der Waals surface area contributed by atoms with Gasteiger partial charge in [-0.2, -0.15) is 0 Å². The maximum atomic E-state index is 12.6. The van der Waals surface area contributed by atoms with E-state index in [-0.39, 0.29) is 5.91 Å². The monoisotopic (exact) mass is 395 g/mol. The molecule has 2 aromatic carbocycles. The Morgan fingerprint density at radius 1 is 1.19 bits per heavy atom. The molecule has 0 atom stereocenters.